The fraction of sp³-hybridized carbons (Fsp3) is 1.00. The molecule has 2 heteroatoms. The van der Waals surface area contributed by atoms with Crippen LogP contribution in [0.3, 0.4) is 0 Å². The first-order valence-electron chi connectivity index (χ1n) is 6.67. The lowest BCUT2D eigenvalue weighted by Crippen LogP contribution is -2.38. The van der Waals surface area contributed by atoms with Gasteiger partial charge in [-0.3, -0.25) is 0 Å². The van der Waals surface area contributed by atoms with Crippen molar-refractivity contribution in [3.63, 3.8) is 0 Å². The van der Waals surface area contributed by atoms with Gasteiger partial charge in [-0.15, -0.1) is 0 Å². The molecule has 1 saturated carbocycles. The third kappa shape index (κ3) is 3.46. The SMILES string of the molecule is CC(NCC1CCCC1)C1CCOCC1. The van der Waals surface area contributed by atoms with E-state index >= 15 is 0 Å². The fourth-order valence-corrected chi connectivity index (χ4v) is 2.95. The Bertz CT molecular complexity index is 171. The number of hydrogen-bond donors (Lipinski definition) is 1. The second-order valence-corrected chi connectivity index (χ2v) is 5.30. The Kier molecular flexibility index (Phi) is 4.45. The van der Waals surface area contributed by atoms with Gasteiger partial charge in [-0.2, -0.15) is 0 Å². The van der Waals surface area contributed by atoms with E-state index < -0.39 is 0 Å². The third-order valence-corrected chi connectivity index (χ3v) is 4.18. The summed E-state index contributed by atoms with van der Waals surface area (Å²) >= 11 is 0. The molecular weight excluding hydrogens is 186 g/mol. The van der Waals surface area contributed by atoms with Crippen molar-refractivity contribution < 1.29 is 4.74 Å². The molecule has 2 fully saturated rings. The zero-order chi connectivity index (χ0) is 10.5. The Morgan fingerprint density at radius 1 is 1.13 bits per heavy atom. The molecule has 0 spiro atoms. The lowest BCUT2D eigenvalue weighted by Gasteiger charge is -2.29. The van der Waals surface area contributed by atoms with Crippen LogP contribution in [0.5, 0.6) is 0 Å². The maximum atomic E-state index is 5.40. The summed E-state index contributed by atoms with van der Waals surface area (Å²) in [5, 5.41) is 3.74. The predicted molar refractivity (Wildman–Crippen MR) is 63.0 cm³/mol. The molecule has 2 rings (SSSR count). The molecule has 0 aromatic heterocycles. The van der Waals surface area contributed by atoms with Crippen LogP contribution in [0.4, 0.5) is 0 Å². The van der Waals surface area contributed by atoms with Crippen LogP contribution in [0, 0.1) is 11.8 Å². The lowest BCUT2D eigenvalue weighted by molar-refractivity contribution is 0.0555. The number of hydrogen-bond acceptors (Lipinski definition) is 2. The summed E-state index contributed by atoms with van der Waals surface area (Å²) in [4.78, 5) is 0. The van der Waals surface area contributed by atoms with E-state index in [4.69, 9.17) is 4.74 Å². The van der Waals surface area contributed by atoms with Gasteiger partial charge in [-0.1, -0.05) is 12.8 Å². The van der Waals surface area contributed by atoms with Crippen LogP contribution in [-0.4, -0.2) is 25.8 Å². The maximum absolute atomic E-state index is 5.40. The molecule has 1 N–H and O–H groups in total. The summed E-state index contributed by atoms with van der Waals surface area (Å²) in [5.41, 5.74) is 0. The summed E-state index contributed by atoms with van der Waals surface area (Å²) in [6.45, 7) is 5.55. The van der Waals surface area contributed by atoms with Crippen molar-refractivity contribution in [2.24, 2.45) is 11.8 Å². The summed E-state index contributed by atoms with van der Waals surface area (Å²) in [6, 6.07) is 0.689. The Balaban J connectivity index is 1.64. The molecule has 1 saturated heterocycles. The van der Waals surface area contributed by atoms with E-state index in [0.29, 0.717) is 6.04 Å². The average Bonchev–Trinajstić information content (AvgIpc) is 2.80. The van der Waals surface area contributed by atoms with E-state index in [1.165, 1.54) is 45.1 Å². The van der Waals surface area contributed by atoms with Gasteiger partial charge in [-0.05, 0) is 51.0 Å². The van der Waals surface area contributed by atoms with Gasteiger partial charge in [-0.25, -0.2) is 0 Å². The Labute approximate surface area is 93.8 Å². The lowest BCUT2D eigenvalue weighted by atomic mass is 9.92. The van der Waals surface area contributed by atoms with E-state index in [1.807, 2.05) is 0 Å². The molecule has 1 aliphatic carbocycles. The van der Waals surface area contributed by atoms with Crippen LogP contribution >= 0.6 is 0 Å². The molecule has 0 radical (unpaired) electrons. The van der Waals surface area contributed by atoms with Gasteiger partial charge < -0.3 is 10.1 Å². The van der Waals surface area contributed by atoms with Gasteiger partial charge >= 0.3 is 0 Å². The van der Waals surface area contributed by atoms with Crippen molar-refractivity contribution in [3.8, 4) is 0 Å². The molecule has 2 aliphatic rings. The Hall–Kier alpha value is -0.0800. The maximum Gasteiger partial charge on any atom is 0.0469 e. The van der Waals surface area contributed by atoms with Gasteiger partial charge in [0.25, 0.3) is 0 Å². The van der Waals surface area contributed by atoms with Crippen molar-refractivity contribution in [2.45, 2.75) is 51.5 Å². The van der Waals surface area contributed by atoms with Crippen molar-refractivity contribution in [1.29, 1.82) is 0 Å². The van der Waals surface area contributed by atoms with Gasteiger partial charge in [0.05, 0.1) is 0 Å². The standard InChI is InChI=1S/C13H25NO/c1-11(13-6-8-15-9-7-13)14-10-12-4-2-3-5-12/h11-14H,2-10H2,1H3. The minimum Gasteiger partial charge on any atom is -0.381 e. The van der Waals surface area contributed by atoms with Gasteiger partial charge in [0, 0.05) is 19.3 Å². The van der Waals surface area contributed by atoms with Crippen LogP contribution in [-0.2, 0) is 4.74 Å². The summed E-state index contributed by atoms with van der Waals surface area (Å²) < 4.78 is 5.40. The second-order valence-electron chi connectivity index (χ2n) is 5.30. The molecular formula is C13H25NO. The highest BCUT2D eigenvalue weighted by atomic mass is 16.5. The molecule has 0 amide bonds. The molecule has 1 heterocycles. The van der Waals surface area contributed by atoms with Gasteiger partial charge in [0.2, 0.25) is 0 Å². The van der Waals surface area contributed by atoms with Crippen molar-refractivity contribution in [1.82, 2.24) is 5.32 Å². The number of ether oxygens (including phenoxy) is 1. The second kappa shape index (κ2) is 5.86. The molecule has 0 bridgehead atoms. The minimum atomic E-state index is 0.689. The van der Waals surface area contributed by atoms with E-state index in [1.54, 1.807) is 0 Å². The van der Waals surface area contributed by atoms with E-state index in [9.17, 15) is 0 Å². The third-order valence-electron chi connectivity index (χ3n) is 4.18. The fourth-order valence-electron chi connectivity index (χ4n) is 2.95. The van der Waals surface area contributed by atoms with Crippen molar-refractivity contribution >= 4 is 0 Å². The average molecular weight is 211 g/mol. The quantitative estimate of drug-likeness (QED) is 0.771. The number of nitrogens with one attached hydrogen (secondary N) is 1. The smallest absolute Gasteiger partial charge is 0.0469 e. The first kappa shape index (κ1) is 11.4. The van der Waals surface area contributed by atoms with Crippen LogP contribution in [0.15, 0.2) is 0 Å². The van der Waals surface area contributed by atoms with Crippen LogP contribution < -0.4 is 5.32 Å². The highest BCUT2D eigenvalue weighted by molar-refractivity contribution is 4.77. The van der Waals surface area contributed by atoms with Crippen LogP contribution in [0.25, 0.3) is 0 Å². The molecule has 1 atom stereocenters. The van der Waals surface area contributed by atoms with E-state index in [0.717, 1.165) is 25.0 Å². The van der Waals surface area contributed by atoms with E-state index in [2.05, 4.69) is 12.2 Å². The highest BCUT2D eigenvalue weighted by Crippen LogP contribution is 2.25. The highest BCUT2D eigenvalue weighted by Gasteiger charge is 2.21. The van der Waals surface area contributed by atoms with Crippen LogP contribution in [0.1, 0.15) is 45.4 Å². The Morgan fingerprint density at radius 2 is 1.80 bits per heavy atom. The molecule has 1 unspecified atom stereocenters. The van der Waals surface area contributed by atoms with E-state index in [-0.39, 0.29) is 0 Å². The Morgan fingerprint density at radius 3 is 2.47 bits per heavy atom. The van der Waals surface area contributed by atoms with Crippen LogP contribution in [0.2, 0.25) is 0 Å². The first-order chi connectivity index (χ1) is 7.36. The van der Waals surface area contributed by atoms with Gasteiger partial charge in [0.1, 0.15) is 0 Å². The minimum absolute atomic E-state index is 0.689. The summed E-state index contributed by atoms with van der Waals surface area (Å²) in [6.07, 6.45) is 8.31. The zero-order valence-corrected chi connectivity index (χ0v) is 10.0. The van der Waals surface area contributed by atoms with Crippen molar-refractivity contribution in [2.75, 3.05) is 19.8 Å². The normalized spacial score (nSPS) is 27.0. The van der Waals surface area contributed by atoms with Crippen molar-refractivity contribution in [3.05, 3.63) is 0 Å². The first-order valence-corrected chi connectivity index (χ1v) is 6.67. The van der Waals surface area contributed by atoms with Gasteiger partial charge in [0.15, 0.2) is 0 Å². The molecule has 15 heavy (non-hydrogen) atoms. The molecule has 1 aliphatic heterocycles. The largest absolute Gasteiger partial charge is 0.381 e. The predicted octanol–water partition coefficient (Wildman–Crippen LogP) is 2.58. The topological polar surface area (TPSA) is 21.3 Å². The molecule has 0 aromatic rings. The summed E-state index contributed by atoms with van der Waals surface area (Å²) in [7, 11) is 0. The molecule has 2 nitrogen and oxygen atoms in total. The molecule has 88 valence electrons. The molecule has 0 aromatic carbocycles. The zero-order valence-electron chi connectivity index (χ0n) is 10.0. The monoisotopic (exact) mass is 211 g/mol. The summed E-state index contributed by atoms with van der Waals surface area (Å²) in [5.74, 6) is 1.81. The number of rotatable bonds is 4.